The lowest BCUT2D eigenvalue weighted by Gasteiger charge is -2.31. The van der Waals surface area contributed by atoms with Crippen LogP contribution in [0.2, 0.25) is 0 Å². The van der Waals surface area contributed by atoms with Gasteiger partial charge in [0.25, 0.3) is 0 Å². The maximum atomic E-state index is 13.4. The number of benzene rings is 1. The Labute approximate surface area is 144 Å². The highest BCUT2D eigenvalue weighted by Gasteiger charge is 2.30. The number of carbonyl (C=O) groups excluding carboxylic acids is 1. The number of amides is 1. The number of halogens is 2. The van der Waals surface area contributed by atoms with Gasteiger partial charge in [-0.05, 0) is 31.5 Å². The minimum atomic E-state index is -0.673. The number of oxazole rings is 1. The second-order valence-electron chi connectivity index (χ2n) is 6.60. The van der Waals surface area contributed by atoms with Crippen molar-refractivity contribution >= 4 is 5.91 Å². The third kappa shape index (κ3) is 3.28. The molecule has 0 aliphatic carbocycles. The topological polar surface area (TPSA) is 58.4 Å². The molecule has 2 aliphatic heterocycles. The number of fused-ring (bicyclic) bond motifs is 1. The SMILES string of the molecule is O=C([C@@H]1CCCNC1)N1CCc2oc(-c3cc(F)cc(F)c3)nc2C1. The van der Waals surface area contributed by atoms with Crippen LogP contribution in [0.3, 0.4) is 0 Å². The summed E-state index contributed by atoms with van der Waals surface area (Å²) in [5.74, 6) is -0.318. The Morgan fingerprint density at radius 2 is 2.08 bits per heavy atom. The van der Waals surface area contributed by atoms with Gasteiger partial charge in [-0.25, -0.2) is 13.8 Å². The number of aromatic nitrogens is 1. The van der Waals surface area contributed by atoms with Crippen molar-refractivity contribution in [1.29, 1.82) is 0 Å². The Morgan fingerprint density at radius 3 is 2.80 bits per heavy atom. The quantitative estimate of drug-likeness (QED) is 0.907. The molecule has 1 atom stereocenters. The highest BCUT2D eigenvalue weighted by molar-refractivity contribution is 5.79. The van der Waals surface area contributed by atoms with E-state index in [1.54, 1.807) is 4.90 Å². The summed E-state index contributed by atoms with van der Waals surface area (Å²) >= 11 is 0. The smallest absolute Gasteiger partial charge is 0.227 e. The molecule has 0 spiro atoms. The van der Waals surface area contributed by atoms with Gasteiger partial charge in [0.1, 0.15) is 23.1 Å². The standard InChI is InChI=1S/C18H19F2N3O2/c19-13-6-12(7-14(20)8-13)17-22-15-10-23(5-3-16(15)25-17)18(24)11-2-1-4-21-9-11/h6-8,11,21H,1-5,9-10H2/t11-/m1/s1. The molecule has 4 rings (SSSR count). The van der Waals surface area contributed by atoms with Crippen LogP contribution in [0.4, 0.5) is 8.78 Å². The van der Waals surface area contributed by atoms with Gasteiger partial charge in [0.2, 0.25) is 11.8 Å². The maximum Gasteiger partial charge on any atom is 0.227 e. The molecule has 132 valence electrons. The monoisotopic (exact) mass is 347 g/mol. The van der Waals surface area contributed by atoms with Gasteiger partial charge in [0.05, 0.1) is 12.5 Å². The van der Waals surface area contributed by atoms with E-state index in [1.165, 1.54) is 12.1 Å². The van der Waals surface area contributed by atoms with Crippen LogP contribution in [0.5, 0.6) is 0 Å². The summed E-state index contributed by atoms with van der Waals surface area (Å²) in [6.45, 7) is 2.64. The van der Waals surface area contributed by atoms with Crippen LogP contribution in [-0.4, -0.2) is 35.4 Å². The van der Waals surface area contributed by atoms with Crippen LogP contribution >= 0.6 is 0 Å². The van der Waals surface area contributed by atoms with Gasteiger partial charge in [-0.15, -0.1) is 0 Å². The first kappa shape index (κ1) is 16.2. The fourth-order valence-corrected chi connectivity index (χ4v) is 3.51. The van der Waals surface area contributed by atoms with E-state index in [4.69, 9.17) is 4.42 Å². The highest BCUT2D eigenvalue weighted by Crippen LogP contribution is 2.28. The molecular weight excluding hydrogens is 328 g/mol. The third-order valence-electron chi connectivity index (χ3n) is 4.79. The molecule has 2 aromatic rings. The molecule has 0 unspecified atom stereocenters. The zero-order chi connectivity index (χ0) is 17.4. The molecule has 5 nitrogen and oxygen atoms in total. The number of carbonyl (C=O) groups is 1. The van der Waals surface area contributed by atoms with Crippen molar-refractivity contribution in [2.45, 2.75) is 25.8 Å². The van der Waals surface area contributed by atoms with E-state index in [0.29, 0.717) is 31.0 Å². The van der Waals surface area contributed by atoms with Crippen LogP contribution in [0.1, 0.15) is 24.3 Å². The maximum absolute atomic E-state index is 13.4. The lowest BCUT2D eigenvalue weighted by atomic mass is 9.97. The molecular formula is C18H19F2N3O2. The molecule has 1 aromatic heterocycles. The molecule has 1 fully saturated rings. The average molecular weight is 347 g/mol. The van der Waals surface area contributed by atoms with Gasteiger partial charge in [-0.1, -0.05) is 0 Å². The van der Waals surface area contributed by atoms with E-state index in [2.05, 4.69) is 10.3 Å². The van der Waals surface area contributed by atoms with E-state index in [9.17, 15) is 13.6 Å². The van der Waals surface area contributed by atoms with Crippen molar-refractivity contribution in [3.05, 3.63) is 41.3 Å². The fourth-order valence-electron chi connectivity index (χ4n) is 3.51. The van der Waals surface area contributed by atoms with E-state index in [0.717, 1.165) is 32.0 Å². The molecule has 7 heteroatoms. The molecule has 1 saturated heterocycles. The minimum Gasteiger partial charge on any atom is -0.441 e. The predicted octanol–water partition coefficient (Wildman–Crippen LogP) is 2.50. The zero-order valence-corrected chi connectivity index (χ0v) is 13.7. The summed E-state index contributed by atoms with van der Waals surface area (Å²) < 4.78 is 32.5. The number of nitrogens with one attached hydrogen (secondary N) is 1. The predicted molar refractivity (Wildman–Crippen MR) is 86.6 cm³/mol. The first-order valence-corrected chi connectivity index (χ1v) is 8.55. The van der Waals surface area contributed by atoms with Crippen LogP contribution in [0.25, 0.3) is 11.5 Å². The third-order valence-corrected chi connectivity index (χ3v) is 4.79. The lowest BCUT2D eigenvalue weighted by Crippen LogP contribution is -2.44. The van der Waals surface area contributed by atoms with Crippen molar-refractivity contribution < 1.29 is 18.0 Å². The number of hydrogen-bond acceptors (Lipinski definition) is 4. The molecule has 25 heavy (non-hydrogen) atoms. The molecule has 0 radical (unpaired) electrons. The van der Waals surface area contributed by atoms with Crippen molar-refractivity contribution in [1.82, 2.24) is 15.2 Å². The lowest BCUT2D eigenvalue weighted by molar-refractivity contribution is -0.137. The van der Waals surface area contributed by atoms with Gasteiger partial charge in [-0.3, -0.25) is 4.79 Å². The number of nitrogens with zero attached hydrogens (tertiary/aromatic N) is 2. The van der Waals surface area contributed by atoms with E-state index in [1.807, 2.05) is 0 Å². The first-order chi connectivity index (χ1) is 12.1. The Bertz CT molecular complexity index is 779. The van der Waals surface area contributed by atoms with E-state index in [-0.39, 0.29) is 23.3 Å². The Hall–Kier alpha value is -2.28. The van der Waals surface area contributed by atoms with Crippen LogP contribution in [0.15, 0.2) is 22.6 Å². The van der Waals surface area contributed by atoms with Crippen molar-refractivity contribution in [2.24, 2.45) is 5.92 Å². The van der Waals surface area contributed by atoms with Crippen LogP contribution in [-0.2, 0) is 17.8 Å². The summed E-state index contributed by atoms with van der Waals surface area (Å²) in [7, 11) is 0. The fraction of sp³-hybridized carbons (Fsp3) is 0.444. The Balaban J connectivity index is 1.53. The summed E-state index contributed by atoms with van der Waals surface area (Å²) in [5.41, 5.74) is 0.935. The summed E-state index contributed by atoms with van der Waals surface area (Å²) in [6, 6.07) is 3.19. The Morgan fingerprint density at radius 1 is 1.28 bits per heavy atom. The molecule has 1 N–H and O–H groups in total. The van der Waals surface area contributed by atoms with Gasteiger partial charge in [0, 0.05) is 31.1 Å². The van der Waals surface area contributed by atoms with Crippen molar-refractivity contribution in [3.8, 4) is 11.5 Å². The Kier molecular flexibility index (Phi) is 4.25. The van der Waals surface area contributed by atoms with Gasteiger partial charge >= 0.3 is 0 Å². The van der Waals surface area contributed by atoms with E-state index >= 15 is 0 Å². The summed E-state index contributed by atoms with van der Waals surface area (Å²) in [4.78, 5) is 18.8. The summed E-state index contributed by atoms with van der Waals surface area (Å²) in [5, 5.41) is 3.26. The molecule has 2 aliphatic rings. The number of rotatable bonds is 2. The first-order valence-electron chi connectivity index (χ1n) is 8.55. The molecule has 1 aromatic carbocycles. The molecule has 3 heterocycles. The largest absolute Gasteiger partial charge is 0.441 e. The van der Waals surface area contributed by atoms with Gasteiger partial charge in [-0.2, -0.15) is 0 Å². The second kappa shape index (κ2) is 6.55. The normalized spacial score (nSPS) is 20.4. The average Bonchev–Trinajstić information content (AvgIpc) is 3.04. The molecule has 1 amide bonds. The van der Waals surface area contributed by atoms with Gasteiger partial charge in [0.15, 0.2) is 0 Å². The van der Waals surface area contributed by atoms with Crippen molar-refractivity contribution in [2.75, 3.05) is 19.6 Å². The minimum absolute atomic E-state index is 0.0130. The van der Waals surface area contributed by atoms with E-state index < -0.39 is 11.6 Å². The van der Waals surface area contributed by atoms with Crippen molar-refractivity contribution in [3.63, 3.8) is 0 Å². The van der Waals surface area contributed by atoms with Crippen LogP contribution < -0.4 is 5.32 Å². The molecule has 0 saturated carbocycles. The summed E-state index contributed by atoms with van der Waals surface area (Å²) in [6.07, 6.45) is 2.47. The second-order valence-corrected chi connectivity index (χ2v) is 6.60. The van der Waals surface area contributed by atoms with Crippen LogP contribution in [0, 0.1) is 17.6 Å². The zero-order valence-electron chi connectivity index (χ0n) is 13.7. The molecule has 0 bridgehead atoms. The highest BCUT2D eigenvalue weighted by atomic mass is 19.1. The number of piperidine rings is 1. The van der Waals surface area contributed by atoms with Gasteiger partial charge < -0.3 is 14.6 Å². The number of hydrogen-bond donors (Lipinski definition) is 1.